The van der Waals surface area contributed by atoms with Crippen molar-refractivity contribution in [3.05, 3.63) is 34.3 Å². The van der Waals surface area contributed by atoms with Gasteiger partial charge in [0, 0.05) is 4.47 Å². The van der Waals surface area contributed by atoms with Crippen molar-refractivity contribution in [1.82, 2.24) is 5.32 Å². The second-order valence-corrected chi connectivity index (χ2v) is 5.37. The van der Waals surface area contributed by atoms with Crippen molar-refractivity contribution in [2.45, 2.75) is 25.7 Å². The first kappa shape index (κ1) is 11.2. The third-order valence-corrected chi connectivity index (χ3v) is 4.01. The van der Waals surface area contributed by atoms with E-state index in [9.17, 15) is 0 Å². The Morgan fingerprint density at radius 3 is 2.93 bits per heavy atom. The Morgan fingerprint density at radius 1 is 1.47 bits per heavy atom. The highest BCUT2D eigenvalue weighted by molar-refractivity contribution is 9.10. The first-order valence-corrected chi connectivity index (χ1v) is 6.52. The number of nitrogens with one attached hydrogen (secondary N) is 1. The fraction of sp³-hybridized carbons (Fsp3) is 0.538. The van der Waals surface area contributed by atoms with E-state index in [-0.39, 0.29) is 0 Å². The molecule has 0 spiro atoms. The molecule has 1 N–H and O–H groups in total. The van der Waals surface area contributed by atoms with Gasteiger partial charge in [0.15, 0.2) is 0 Å². The largest absolute Gasteiger partial charge is 0.316 e. The van der Waals surface area contributed by atoms with Crippen molar-refractivity contribution < 1.29 is 0 Å². The van der Waals surface area contributed by atoms with E-state index in [1.807, 2.05) is 0 Å². The number of halogens is 1. The molecule has 0 bridgehead atoms. The fourth-order valence-electron chi connectivity index (χ4n) is 2.42. The smallest absolute Gasteiger partial charge is 0.0210 e. The molecular weight excluding hydrogens is 250 g/mol. The first-order valence-electron chi connectivity index (χ1n) is 5.72. The lowest BCUT2D eigenvalue weighted by Crippen LogP contribution is -2.11. The summed E-state index contributed by atoms with van der Waals surface area (Å²) in [5.41, 5.74) is 1.45. The van der Waals surface area contributed by atoms with Crippen molar-refractivity contribution in [3.8, 4) is 0 Å². The van der Waals surface area contributed by atoms with Gasteiger partial charge in [0.1, 0.15) is 0 Å². The SMILES string of the molecule is CC(CC1CCNC1)c1ccccc1Br. The highest BCUT2D eigenvalue weighted by atomic mass is 79.9. The average molecular weight is 268 g/mol. The lowest BCUT2D eigenvalue weighted by Gasteiger charge is -2.17. The number of hydrogen-bond donors (Lipinski definition) is 1. The van der Waals surface area contributed by atoms with Gasteiger partial charge in [-0.3, -0.25) is 0 Å². The molecule has 1 aliphatic heterocycles. The zero-order chi connectivity index (χ0) is 10.7. The highest BCUT2D eigenvalue weighted by Crippen LogP contribution is 2.30. The van der Waals surface area contributed by atoms with Crippen LogP contribution in [0.2, 0.25) is 0 Å². The average Bonchev–Trinajstić information content (AvgIpc) is 2.71. The summed E-state index contributed by atoms with van der Waals surface area (Å²) in [5, 5.41) is 3.43. The molecule has 2 unspecified atom stereocenters. The van der Waals surface area contributed by atoms with Crippen LogP contribution >= 0.6 is 15.9 Å². The van der Waals surface area contributed by atoms with Crippen LogP contribution in [0.1, 0.15) is 31.2 Å². The highest BCUT2D eigenvalue weighted by Gasteiger charge is 2.19. The number of hydrogen-bond acceptors (Lipinski definition) is 1. The first-order chi connectivity index (χ1) is 7.27. The predicted octanol–water partition coefficient (Wildman–Crippen LogP) is 3.55. The molecule has 1 nitrogen and oxygen atoms in total. The third-order valence-electron chi connectivity index (χ3n) is 3.29. The van der Waals surface area contributed by atoms with Crippen LogP contribution in [0, 0.1) is 5.92 Å². The lowest BCUT2D eigenvalue weighted by molar-refractivity contribution is 0.483. The Bertz CT molecular complexity index is 318. The summed E-state index contributed by atoms with van der Waals surface area (Å²) < 4.78 is 1.25. The molecule has 2 heteroatoms. The van der Waals surface area contributed by atoms with Crippen LogP contribution in [-0.2, 0) is 0 Å². The van der Waals surface area contributed by atoms with Gasteiger partial charge < -0.3 is 5.32 Å². The minimum absolute atomic E-state index is 0.658. The van der Waals surface area contributed by atoms with Gasteiger partial charge >= 0.3 is 0 Å². The summed E-state index contributed by atoms with van der Waals surface area (Å²) in [7, 11) is 0. The van der Waals surface area contributed by atoms with E-state index in [1.54, 1.807) is 0 Å². The molecular formula is C13H18BrN. The maximum Gasteiger partial charge on any atom is 0.0210 e. The van der Waals surface area contributed by atoms with Gasteiger partial charge in [0.25, 0.3) is 0 Å². The van der Waals surface area contributed by atoms with Crippen molar-refractivity contribution in [3.63, 3.8) is 0 Å². The second kappa shape index (κ2) is 5.13. The molecule has 0 aliphatic carbocycles. The summed E-state index contributed by atoms with van der Waals surface area (Å²) in [6.45, 7) is 4.74. The zero-order valence-electron chi connectivity index (χ0n) is 9.17. The van der Waals surface area contributed by atoms with Gasteiger partial charge in [0.05, 0.1) is 0 Å². The quantitative estimate of drug-likeness (QED) is 0.884. The van der Waals surface area contributed by atoms with Crippen molar-refractivity contribution in [2.24, 2.45) is 5.92 Å². The Labute approximate surface area is 100 Å². The number of rotatable bonds is 3. The van der Waals surface area contributed by atoms with E-state index in [0.29, 0.717) is 5.92 Å². The Hall–Kier alpha value is -0.340. The molecule has 2 atom stereocenters. The topological polar surface area (TPSA) is 12.0 Å². The zero-order valence-corrected chi connectivity index (χ0v) is 10.8. The van der Waals surface area contributed by atoms with Gasteiger partial charge in [-0.2, -0.15) is 0 Å². The normalized spacial score (nSPS) is 22.9. The maximum atomic E-state index is 3.63. The molecule has 0 saturated carbocycles. The molecule has 1 aromatic carbocycles. The van der Waals surface area contributed by atoms with Gasteiger partial charge in [0.2, 0.25) is 0 Å². The predicted molar refractivity (Wildman–Crippen MR) is 68.2 cm³/mol. The maximum absolute atomic E-state index is 3.63. The number of benzene rings is 1. The van der Waals surface area contributed by atoms with Crippen LogP contribution in [0.4, 0.5) is 0 Å². The minimum Gasteiger partial charge on any atom is -0.316 e. The van der Waals surface area contributed by atoms with Gasteiger partial charge in [-0.25, -0.2) is 0 Å². The molecule has 0 radical (unpaired) electrons. The van der Waals surface area contributed by atoms with Crippen LogP contribution in [0.25, 0.3) is 0 Å². The second-order valence-electron chi connectivity index (χ2n) is 4.52. The molecule has 0 aromatic heterocycles. The van der Waals surface area contributed by atoms with Crippen molar-refractivity contribution >= 4 is 15.9 Å². The van der Waals surface area contributed by atoms with Crippen LogP contribution < -0.4 is 5.32 Å². The summed E-state index contributed by atoms with van der Waals surface area (Å²) >= 11 is 3.63. The Kier molecular flexibility index (Phi) is 3.81. The van der Waals surface area contributed by atoms with Crippen LogP contribution in [-0.4, -0.2) is 13.1 Å². The molecule has 1 saturated heterocycles. The summed E-state index contributed by atoms with van der Waals surface area (Å²) in [6.07, 6.45) is 2.64. The fourth-order valence-corrected chi connectivity index (χ4v) is 3.09. The van der Waals surface area contributed by atoms with Gasteiger partial charge in [-0.05, 0) is 49.4 Å². The third kappa shape index (κ3) is 2.82. The van der Waals surface area contributed by atoms with Crippen LogP contribution in [0.15, 0.2) is 28.7 Å². The summed E-state index contributed by atoms with van der Waals surface area (Å²) in [6, 6.07) is 8.58. The van der Waals surface area contributed by atoms with E-state index < -0.39 is 0 Å². The molecule has 1 aliphatic rings. The van der Waals surface area contributed by atoms with E-state index >= 15 is 0 Å². The summed E-state index contributed by atoms with van der Waals surface area (Å²) in [5.74, 6) is 1.53. The lowest BCUT2D eigenvalue weighted by atomic mass is 9.90. The molecule has 1 aromatic rings. The van der Waals surface area contributed by atoms with Gasteiger partial charge in [-0.1, -0.05) is 41.1 Å². The van der Waals surface area contributed by atoms with E-state index in [4.69, 9.17) is 0 Å². The Morgan fingerprint density at radius 2 is 2.27 bits per heavy atom. The summed E-state index contributed by atoms with van der Waals surface area (Å²) in [4.78, 5) is 0. The molecule has 1 heterocycles. The van der Waals surface area contributed by atoms with Crippen LogP contribution in [0.3, 0.4) is 0 Å². The molecule has 15 heavy (non-hydrogen) atoms. The monoisotopic (exact) mass is 267 g/mol. The molecule has 2 rings (SSSR count). The van der Waals surface area contributed by atoms with E-state index in [1.165, 1.54) is 36.0 Å². The van der Waals surface area contributed by atoms with Crippen molar-refractivity contribution in [1.29, 1.82) is 0 Å². The van der Waals surface area contributed by atoms with Crippen LogP contribution in [0.5, 0.6) is 0 Å². The Balaban J connectivity index is 2.00. The van der Waals surface area contributed by atoms with E-state index in [2.05, 4.69) is 52.4 Å². The molecule has 1 fully saturated rings. The van der Waals surface area contributed by atoms with E-state index in [0.717, 1.165) is 5.92 Å². The minimum atomic E-state index is 0.658. The molecule has 0 amide bonds. The van der Waals surface area contributed by atoms with Crippen molar-refractivity contribution in [2.75, 3.05) is 13.1 Å². The molecule has 82 valence electrons. The standard InChI is InChI=1S/C13H18BrN/c1-10(8-11-6-7-15-9-11)12-4-2-3-5-13(12)14/h2-5,10-11,15H,6-9H2,1H3. The van der Waals surface area contributed by atoms with Gasteiger partial charge in [-0.15, -0.1) is 0 Å².